The third kappa shape index (κ3) is 3.47. The van der Waals surface area contributed by atoms with Gasteiger partial charge < -0.3 is 0 Å². The molecule has 0 aliphatic heterocycles. The molecule has 1 aromatic carbocycles. The molecule has 5 heteroatoms. The van der Waals surface area contributed by atoms with Gasteiger partial charge in [0.2, 0.25) is 10.0 Å². The van der Waals surface area contributed by atoms with Gasteiger partial charge in [0, 0.05) is 6.54 Å². The van der Waals surface area contributed by atoms with E-state index in [0.29, 0.717) is 6.54 Å². The highest BCUT2D eigenvalue weighted by molar-refractivity contribution is 7.89. The van der Waals surface area contributed by atoms with E-state index in [0.717, 1.165) is 5.56 Å². The number of hydrogen-bond donors (Lipinski definition) is 1. The van der Waals surface area contributed by atoms with Crippen LogP contribution < -0.4 is 4.72 Å². The molecule has 0 unspecified atom stereocenters. The van der Waals surface area contributed by atoms with Crippen molar-refractivity contribution < 1.29 is 8.42 Å². The van der Waals surface area contributed by atoms with E-state index in [1.807, 2.05) is 20.8 Å². The monoisotopic (exact) mass is 261 g/mol. The van der Waals surface area contributed by atoms with Crippen LogP contribution in [0, 0.1) is 12.8 Å². The summed E-state index contributed by atoms with van der Waals surface area (Å²) in [4.78, 5) is 0.139. The number of rotatable bonds is 4. The lowest BCUT2D eigenvalue weighted by molar-refractivity contribution is 0.560. The summed E-state index contributed by atoms with van der Waals surface area (Å²) in [6, 6.07) is 4.90. The Morgan fingerprint density at radius 2 is 2.00 bits per heavy atom. The molecule has 0 fully saturated rings. The van der Waals surface area contributed by atoms with E-state index in [4.69, 9.17) is 11.6 Å². The predicted molar refractivity (Wildman–Crippen MR) is 66.2 cm³/mol. The maximum Gasteiger partial charge on any atom is 0.242 e. The molecule has 0 atom stereocenters. The zero-order chi connectivity index (χ0) is 12.3. The average molecular weight is 262 g/mol. The second-order valence-electron chi connectivity index (χ2n) is 4.18. The first-order valence-corrected chi connectivity index (χ1v) is 6.95. The first-order chi connectivity index (χ1) is 7.33. The van der Waals surface area contributed by atoms with Crippen LogP contribution in [0.2, 0.25) is 5.02 Å². The fourth-order valence-corrected chi connectivity index (χ4v) is 2.99. The van der Waals surface area contributed by atoms with E-state index in [2.05, 4.69) is 4.72 Å². The summed E-state index contributed by atoms with van der Waals surface area (Å²) in [7, 11) is -3.48. The van der Waals surface area contributed by atoms with Crippen molar-refractivity contribution in [3.8, 4) is 0 Å². The molecule has 0 aliphatic rings. The lowest BCUT2D eigenvalue weighted by atomic mass is 10.2. The quantitative estimate of drug-likeness (QED) is 0.906. The van der Waals surface area contributed by atoms with Gasteiger partial charge in [0.25, 0.3) is 0 Å². The van der Waals surface area contributed by atoms with Crippen molar-refractivity contribution in [2.24, 2.45) is 5.92 Å². The van der Waals surface area contributed by atoms with Gasteiger partial charge >= 0.3 is 0 Å². The number of aryl methyl sites for hydroxylation is 1. The normalized spacial score (nSPS) is 12.1. The van der Waals surface area contributed by atoms with Crippen LogP contribution in [-0.4, -0.2) is 15.0 Å². The first kappa shape index (κ1) is 13.5. The van der Waals surface area contributed by atoms with Gasteiger partial charge in [-0.2, -0.15) is 0 Å². The molecule has 0 amide bonds. The van der Waals surface area contributed by atoms with Crippen LogP contribution in [0.4, 0.5) is 0 Å². The Hall–Kier alpha value is -0.580. The maximum atomic E-state index is 11.9. The zero-order valence-corrected chi connectivity index (χ0v) is 11.2. The van der Waals surface area contributed by atoms with E-state index < -0.39 is 10.0 Å². The highest BCUT2D eigenvalue weighted by Crippen LogP contribution is 2.22. The molecular weight excluding hydrogens is 246 g/mol. The van der Waals surface area contributed by atoms with Crippen LogP contribution in [-0.2, 0) is 10.0 Å². The zero-order valence-electron chi connectivity index (χ0n) is 9.62. The Labute approximate surface area is 102 Å². The molecule has 90 valence electrons. The minimum absolute atomic E-state index is 0.139. The van der Waals surface area contributed by atoms with E-state index in [9.17, 15) is 8.42 Å². The molecule has 0 aliphatic carbocycles. The Kier molecular flexibility index (Phi) is 4.35. The molecule has 0 saturated carbocycles. The van der Waals surface area contributed by atoms with Gasteiger partial charge in [-0.25, -0.2) is 13.1 Å². The Balaban J connectivity index is 2.99. The second kappa shape index (κ2) is 5.17. The smallest absolute Gasteiger partial charge is 0.211 e. The van der Waals surface area contributed by atoms with Gasteiger partial charge in [-0.05, 0) is 30.5 Å². The summed E-state index contributed by atoms with van der Waals surface area (Å²) in [5.74, 6) is 0.263. The Morgan fingerprint density at radius 3 is 2.50 bits per heavy atom. The lowest BCUT2D eigenvalue weighted by Crippen LogP contribution is -2.27. The van der Waals surface area contributed by atoms with E-state index in [1.54, 1.807) is 12.1 Å². The summed E-state index contributed by atoms with van der Waals surface area (Å²) >= 11 is 5.91. The van der Waals surface area contributed by atoms with Gasteiger partial charge in [0.05, 0.1) is 5.02 Å². The minimum atomic E-state index is -3.48. The molecule has 3 nitrogen and oxygen atoms in total. The summed E-state index contributed by atoms with van der Waals surface area (Å²) < 4.78 is 26.3. The number of hydrogen-bond acceptors (Lipinski definition) is 2. The highest BCUT2D eigenvalue weighted by Gasteiger charge is 2.17. The van der Waals surface area contributed by atoms with E-state index >= 15 is 0 Å². The van der Waals surface area contributed by atoms with Crippen molar-refractivity contribution in [1.82, 2.24) is 4.72 Å². The molecule has 1 rings (SSSR count). The van der Waals surface area contributed by atoms with Crippen molar-refractivity contribution in [2.75, 3.05) is 6.54 Å². The van der Waals surface area contributed by atoms with Crippen molar-refractivity contribution in [3.05, 3.63) is 28.8 Å². The fraction of sp³-hybridized carbons (Fsp3) is 0.455. The summed E-state index contributed by atoms with van der Waals surface area (Å²) in [6.45, 7) is 6.16. The van der Waals surface area contributed by atoms with Crippen LogP contribution in [0.3, 0.4) is 0 Å². The predicted octanol–water partition coefficient (Wildman–Crippen LogP) is 2.58. The molecule has 0 spiro atoms. The van der Waals surface area contributed by atoms with Crippen molar-refractivity contribution in [1.29, 1.82) is 0 Å². The largest absolute Gasteiger partial charge is 0.242 e. The Morgan fingerprint density at radius 1 is 1.38 bits per heavy atom. The number of sulfonamides is 1. The van der Waals surface area contributed by atoms with Gasteiger partial charge in [-0.3, -0.25) is 0 Å². The molecule has 1 aromatic rings. The summed E-state index contributed by atoms with van der Waals surface area (Å²) in [6.07, 6.45) is 0. The SMILES string of the molecule is Cc1ccc(S(=O)(=O)NCC(C)C)c(Cl)c1. The van der Waals surface area contributed by atoms with Crippen LogP contribution >= 0.6 is 11.6 Å². The molecule has 0 radical (unpaired) electrons. The van der Waals surface area contributed by atoms with E-state index in [-0.39, 0.29) is 15.8 Å². The molecule has 0 aromatic heterocycles. The molecule has 0 saturated heterocycles. The summed E-state index contributed by atoms with van der Waals surface area (Å²) in [5, 5.41) is 0.260. The van der Waals surface area contributed by atoms with Gasteiger partial charge in [0.15, 0.2) is 0 Å². The van der Waals surface area contributed by atoms with Gasteiger partial charge in [-0.15, -0.1) is 0 Å². The highest BCUT2D eigenvalue weighted by atomic mass is 35.5. The van der Waals surface area contributed by atoms with Crippen LogP contribution in [0.5, 0.6) is 0 Å². The lowest BCUT2D eigenvalue weighted by Gasteiger charge is -2.10. The number of benzene rings is 1. The van der Waals surface area contributed by atoms with Crippen molar-refractivity contribution >= 4 is 21.6 Å². The second-order valence-corrected chi connectivity index (χ2v) is 6.32. The maximum absolute atomic E-state index is 11.9. The van der Waals surface area contributed by atoms with Crippen LogP contribution in [0.1, 0.15) is 19.4 Å². The third-order valence-corrected chi connectivity index (χ3v) is 3.96. The van der Waals surface area contributed by atoms with Gasteiger partial charge in [-0.1, -0.05) is 31.5 Å². The molecular formula is C11H16ClNO2S. The van der Waals surface area contributed by atoms with Crippen LogP contribution in [0.25, 0.3) is 0 Å². The number of nitrogens with one attached hydrogen (secondary N) is 1. The minimum Gasteiger partial charge on any atom is -0.211 e. The van der Waals surface area contributed by atoms with Crippen LogP contribution in [0.15, 0.2) is 23.1 Å². The van der Waals surface area contributed by atoms with Crippen molar-refractivity contribution in [3.63, 3.8) is 0 Å². The Bertz CT molecular complexity index is 469. The fourth-order valence-electron chi connectivity index (χ4n) is 1.18. The molecule has 0 heterocycles. The summed E-state index contributed by atoms with van der Waals surface area (Å²) in [5.41, 5.74) is 0.938. The van der Waals surface area contributed by atoms with E-state index in [1.165, 1.54) is 6.07 Å². The molecule has 16 heavy (non-hydrogen) atoms. The van der Waals surface area contributed by atoms with Crippen molar-refractivity contribution in [2.45, 2.75) is 25.7 Å². The number of halogens is 1. The topological polar surface area (TPSA) is 46.2 Å². The average Bonchev–Trinajstić information content (AvgIpc) is 2.14. The standard InChI is InChI=1S/C11H16ClNO2S/c1-8(2)7-13-16(14,15)11-5-4-9(3)6-10(11)12/h4-6,8,13H,7H2,1-3H3. The van der Waals surface area contributed by atoms with Gasteiger partial charge in [0.1, 0.15) is 4.90 Å². The molecule has 0 bridgehead atoms. The molecule has 1 N–H and O–H groups in total. The first-order valence-electron chi connectivity index (χ1n) is 5.09. The third-order valence-electron chi connectivity index (χ3n) is 2.06.